The molecule has 0 atom stereocenters. The number of carbonyl (C=O) groups is 1. The summed E-state index contributed by atoms with van der Waals surface area (Å²) in [6, 6.07) is 10.3. The molecule has 0 spiro atoms. The predicted molar refractivity (Wildman–Crippen MR) is 133 cm³/mol. The lowest BCUT2D eigenvalue weighted by Crippen LogP contribution is -2.23. The van der Waals surface area contributed by atoms with E-state index >= 15 is 0 Å². The SMILES string of the molecule is Cc1ccc(C(=O)NCc2ccc(F)nc2)cc1C#Cc1cc(-c2cnn(C(C)C)c2)cnc1N. The largest absolute Gasteiger partial charge is 0.383 e. The average Bonchev–Trinajstić information content (AvgIpc) is 3.35. The third-order valence-electron chi connectivity index (χ3n) is 5.46. The van der Waals surface area contributed by atoms with Gasteiger partial charge in [0.2, 0.25) is 5.95 Å². The highest BCUT2D eigenvalue weighted by molar-refractivity contribution is 5.94. The Morgan fingerprint density at radius 1 is 1.06 bits per heavy atom. The molecule has 0 unspecified atom stereocenters. The number of hydrogen-bond acceptors (Lipinski definition) is 5. The molecule has 35 heavy (non-hydrogen) atoms. The highest BCUT2D eigenvalue weighted by Crippen LogP contribution is 2.22. The van der Waals surface area contributed by atoms with E-state index in [0.29, 0.717) is 28.1 Å². The molecule has 0 bridgehead atoms. The van der Waals surface area contributed by atoms with E-state index in [-0.39, 0.29) is 18.5 Å². The van der Waals surface area contributed by atoms with E-state index in [1.165, 1.54) is 12.3 Å². The molecule has 3 heterocycles. The highest BCUT2D eigenvalue weighted by atomic mass is 19.1. The number of nitrogens with two attached hydrogens (primary N) is 1. The van der Waals surface area contributed by atoms with Crippen molar-refractivity contribution in [2.75, 3.05) is 5.73 Å². The molecular weight excluding hydrogens is 443 g/mol. The number of aryl methyl sites for hydroxylation is 1. The van der Waals surface area contributed by atoms with E-state index in [0.717, 1.165) is 16.7 Å². The summed E-state index contributed by atoms with van der Waals surface area (Å²) in [6.45, 7) is 6.29. The lowest BCUT2D eigenvalue weighted by Gasteiger charge is -2.07. The molecule has 176 valence electrons. The van der Waals surface area contributed by atoms with Crippen LogP contribution in [0.3, 0.4) is 0 Å². The molecule has 1 amide bonds. The first-order chi connectivity index (χ1) is 16.8. The van der Waals surface area contributed by atoms with Gasteiger partial charge in [0.15, 0.2) is 0 Å². The molecule has 0 saturated carbocycles. The Morgan fingerprint density at radius 3 is 2.57 bits per heavy atom. The van der Waals surface area contributed by atoms with Gasteiger partial charge in [0.1, 0.15) is 5.82 Å². The van der Waals surface area contributed by atoms with Crippen LogP contribution in [-0.4, -0.2) is 25.7 Å². The van der Waals surface area contributed by atoms with Gasteiger partial charge in [-0.05, 0) is 56.2 Å². The van der Waals surface area contributed by atoms with Crippen molar-refractivity contribution in [3.8, 4) is 23.0 Å². The maximum atomic E-state index is 13.0. The zero-order chi connectivity index (χ0) is 24.9. The molecule has 7 nitrogen and oxygen atoms in total. The summed E-state index contributed by atoms with van der Waals surface area (Å²) < 4.78 is 14.8. The smallest absolute Gasteiger partial charge is 0.251 e. The first-order valence-electron chi connectivity index (χ1n) is 11.1. The number of hydrogen-bond donors (Lipinski definition) is 2. The predicted octanol–water partition coefficient (Wildman–Crippen LogP) is 4.28. The van der Waals surface area contributed by atoms with Crippen molar-refractivity contribution >= 4 is 11.7 Å². The summed E-state index contributed by atoms with van der Waals surface area (Å²) in [5, 5.41) is 7.19. The van der Waals surface area contributed by atoms with E-state index in [4.69, 9.17) is 5.73 Å². The molecular formula is C27H25FN6O. The molecule has 4 rings (SSSR count). The number of nitrogens with zero attached hydrogens (tertiary/aromatic N) is 4. The molecule has 0 fully saturated rings. The second-order valence-electron chi connectivity index (χ2n) is 8.41. The van der Waals surface area contributed by atoms with Gasteiger partial charge in [-0.15, -0.1) is 0 Å². The Bertz CT molecular complexity index is 1430. The lowest BCUT2D eigenvalue weighted by molar-refractivity contribution is 0.0951. The van der Waals surface area contributed by atoms with Gasteiger partial charge in [0.25, 0.3) is 5.91 Å². The third kappa shape index (κ3) is 5.71. The minimum Gasteiger partial charge on any atom is -0.383 e. The van der Waals surface area contributed by atoms with E-state index in [1.807, 2.05) is 29.9 Å². The summed E-state index contributed by atoms with van der Waals surface area (Å²) in [6.07, 6.45) is 6.85. The van der Waals surface area contributed by atoms with Crippen LogP contribution in [0.4, 0.5) is 10.2 Å². The first kappa shape index (κ1) is 23.6. The zero-order valence-corrected chi connectivity index (χ0v) is 19.7. The second kappa shape index (κ2) is 10.2. The van der Waals surface area contributed by atoms with Crippen molar-refractivity contribution in [2.45, 2.75) is 33.4 Å². The number of aromatic nitrogens is 4. The van der Waals surface area contributed by atoms with Crippen LogP contribution < -0.4 is 11.1 Å². The van der Waals surface area contributed by atoms with Gasteiger partial charge in [0.05, 0.1) is 11.8 Å². The van der Waals surface area contributed by atoms with Crippen molar-refractivity contribution in [3.63, 3.8) is 0 Å². The number of nitrogens with one attached hydrogen (secondary N) is 1. The quantitative estimate of drug-likeness (QED) is 0.337. The van der Waals surface area contributed by atoms with E-state index < -0.39 is 5.95 Å². The van der Waals surface area contributed by atoms with Crippen molar-refractivity contribution in [1.29, 1.82) is 0 Å². The highest BCUT2D eigenvalue weighted by Gasteiger charge is 2.09. The minimum absolute atomic E-state index is 0.239. The van der Waals surface area contributed by atoms with Gasteiger partial charge in [-0.25, -0.2) is 9.97 Å². The molecule has 0 radical (unpaired) electrons. The molecule has 0 saturated heterocycles. The first-order valence-corrected chi connectivity index (χ1v) is 11.1. The van der Waals surface area contributed by atoms with Crippen LogP contribution in [0.5, 0.6) is 0 Å². The Labute approximate surface area is 203 Å². The van der Waals surface area contributed by atoms with Gasteiger partial charge in [-0.3, -0.25) is 9.48 Å². The Hall–Kier alpha value is -4.51. The molecule has 3 aromatic heterocycles. The maximum absolute atomic E-state index is 13.0. The summed E-state index contributed by atoms with van der Waals surface area (Å²) in [5.74, 6) is 5.73. The van der Waals surface area contributed by atoms with Crippen molar-refractivity contribution in [2.24, 2.45) is 0 Å². The molecule has 1 aromatic carbocycles. The monoisotopic (exact) mass is 468 g/mol. The van der Waals surface area contributed by atoms with E-state index in [2.05, 4.69) is 46.1 Å². The number of halogens is 1. The van der Waals surface area contributed by atoms with Crippen molar-refractivity contribution in [3.05, 3.63) is 95.0 Å². The summed E-state index contributed by atoms with van der Waals surface area (Å²) >= 11 is 0. The fourth-order valence-electron chi connectivity index (χ4n) is 3.33. The standard InChI is InChI=1S/C27H25FN6O/c1-17(2)34-16-24(15-33-34)23-11-21(26(29)31-14-23)8-7-20-10-22(6-4-18(20)3)27(35)32-13-19-5-9-25(28)30-12-19/h4-6,9-12,14-17H,13H2,1-3H3,(H2,29,31)(H,32,35). The number of anilines is 1. The van der Waals surface area contributed by atoms with Crippen LogP contribution in [0.1, 0.15) is 52.5 Å². The third-order valence-corrected chi connectivity index (χ3v) is 5.46. The Kier molecular flexibility index (Phi) is 6.88. The minimum atomic E-state index is -0.561. The fraction of sp³-hybridized carbons (Fsp3) is 0.185. The molecule has 8 heteroatoms. The molecule has 0 aliphatic rings. The molecule has 0 aliphatic heterocycles. The number of amides is 1. The fourth-order valence-corrected chi connectivity index (χ4v) is 3.33. The van der Waals surface area contributed by atoms with Crippen molar-refractivity contribution in [1.82, 2.24) is 25.1 Å². The van der Waals surface area contributed by atoms with Crippen LogP contribution in [0.15, 0.2) is 61.2 Å². The number of rotatable bonds is 5. The van der Waals surface area contributed by atoms with Crippen molar-refractivity contribution < 1.29 is 9.18 Å². The van der Waals surface area contributed by atoms with Gasteiger partial charge in [-0.2, -0.15) is 9.49 Å². The number of carbonyl (C=O) groups excluding carboxylic acids is 1. The summed E-state index contributed by atoms with van der Waals surface area (Å²) in [5.41, 5.74) is 11.3. The van der Waals surface area contributed by atoms with Gasteiger partial charge in [-0.1, -0.05) is 24.0 Å². The van der Waals surface area contributed by atoms with Gasteiger partial charge < -0.3 is 11.1 Å². The Morgan fingerprint density at radius 2 is 1.86 bits per heavy atom. The number of pyridine rings is 2. The Balaban J connectivity index is 1.54. The van der Waals surface area contributed by atoms with Crippen LogP contribution in [0, 0.1) is 24.7 Å². The van der Waals surface area contributed by atoms with Gasteiger partial charge in [0, 0.05) is 53.4 Å². The average molecular weight is 469 g/mol. The van der Waals surface area contributed by atoms with Crippen LogP contribution in [-0.2, 0) is 6.54 Å². The zero-order valence-electron chi connectivity index (χ0n) is 19.7. The molecule has 3 N–H and O–H groups in total. The second-order valence-corrected chi connectivity index (χ2v) is 8.41. The topological polar surface area (TPSA) is 98.7 Å². The maximum Gasteiger partial charge on any atom is 0.251 e. The van der Waals surface area contributed by atoms with Gasteiger partial charge >= 0.3 is 0 Å². The van der Waals surface area contributed by atoms with E-state index in [9.17, 15) is 9.18 Å². The summed E-state index contributed by atoms with van der Waals surface area (Å²) in [4.78, 5) is 20.5. The number of benzene rings is 1. The normalized spacial score (nSPS) is 10.7. The lowest BCUT2D eigenvalue weighted by atomic mass is 10.0. The van der Waals surface area contributed by atoms with Crippen LogP contribution in [0.2, 0.25) is 0 Å². The molecule has 0 aliphatic carbocycles. The summed E-state index contributed by atoms with van der Waals surface area (Å²) in [7, 11) is 0. The van der Waals surface area contributed by atoms with E-state index in [1.54, 1.807) is 30.6 Å². The van der Waals surface area contributed by atoms with Crippen LogP contribution in [0.25, 0.3) is 11.1 Å². The molecule has 4 aromatic rings. The van der Waals surface area contributed by atoms with Crippen LogP contribution >= 0.6 is 0 Å². The number of nitrogen functional groups attached to an aromatic ring is 1.